The van der Waals surface area contributed by atoms with E-state index in [9.17, 15) is 4.79 Å². The second-order valence-electron chi connectivity index (χ2n) is 9.20. The molecule has 1 fully saturated rings. The SMILES string of the molecule is CCC1(CC)CC(C)(C)c2c([nH]c3ccc(CNC4CCNC4)cc23)C1=O. The van der Waals surface area contributed by atoms with Crippen LogP contribution >= 0.6 is 0 Å². The maximum Gasteiger partial charge on any atom is 0.185 e. The van der Waals surface area contributed by atoms with Crippen LogP contribution in [0.25, 0.3) is 10.9 Å². The van der Waals surface area contributed by atoms with Crippen molar-refractivity contribution in [2.45, 2.75) is 71.4 Å². The molecule has 1 aliphatic heterocycles. The van der Waals surface area contributed by atoms with Gasteiger partial charge in [0.2, 0.25) is 0 Å². The third-order valence-corrected chi connectivity index (χ3v) is 7.04. The van der Waals surface area contributed by atoms with E-state index in [0.29, 0.717) is 11.8 Å². The van der Waals surface area contributed by atoms with Gasteiger partial charge < -0.3 is 15.6 Å². The van der Waals surface area contributed by atoms with Crippen LogP contribution < -0.4 is 10.6 Å². The fourth-order valence-corrected chi connectivity index (χ4v) is 5.41. The monoisotopic (exact) mass is 367 g/mol. The Hall–Kier alpha value is -1.65. The summed E-state index contributed by atoms with van der Waals surface area (Å²) >= 11 is 0. The van der Waals surface area contributed by atoms with E-state index in [1.807, 2.05) is 0 Å². The lowest BCUT2D eigenvalue weighted by Gasteiger charge is -2.43. The number of ketones is 1. The van der Waals surface area contributed by atoms with Crippen molar-refractivity contribution < 1.29 is 4.79 Å². The fraction of sp³-hybridized carbons (Fsp3) is 0.609. The van der Waals surface area contributed by atoms with Gasteiger partial charge in [-0.3, -0.25) is 4.79 Å². The molecule has 3 N–H and O–H groups in total. The second-order valence-corrected chi connectivity index (χ2v) is 9.20. The third-order valence-electron chi connectivity index (χ3n) is 7.04. The Morgan fingerprint density at radius 2 is 2.00 bits per heavy atom. The van der Waals surface area contributed by atoms with Gasteiger partial charge in [0.05, 0.1) is 5.69 Å². The molecular formula is C23H33N3O. The topological polar surface area (TPSA) is 56.9 Å². The predicted molar refractivity (Wildman–Crippen MR) is 111 cm³/mol. The Kier molecular flexibility index (Phi) is 4.68. The van der Waals surface area contributed by atoms with Crippen molar-refractivity contribution in [3.05, 3.63) is 35.0 Å². The molecule has 0 spiro atoms. The van der Waals surface area contributed by atoms with Crippen molar-refractivity contribution in [2.24, 2.45) is 5.41 Å². The first kappa shape index (κ1) is 18.7. The molecule has 27 heavy (non-hydrogen) atoms. The summed E-state index contributed by atoms with van der Waals surface area (Å²) in [4.78, 5) is 16.9. The van der Waals surface area contributed by atoms with Crippen LogP contribution in [0.5, 0.6) is 0 Å². The lowest BCUT2D eigenvalue weighted by Crippen LogP contribution is -2.42. The number of hydrogen-bond donors (Lipinski definition) is 3. The molecule has 1 atom stereocenters. The maximum absolute atomic E-state index is 13.4. The highest BCUT2D eigenvalue weighted by Gasteiger charge is 2.48. The van der Waals surface area contributed by atoms with Gasteiger partial charge in [-0.15, -0.1) is 0 Å². The predicted octanol–water partition coefficient (Wildman–Crippen LogP) is 4.29. The van der Waals surface area contributed by atoms with E-state index in [-0.39, 0.29) is 10.8 Å². The largest absolute Gasteiger partial charge is 0.352 e. The molecule has 0 amide bonds. The average Bonchev–Trinajstić information content (AvgIpc) is 3.30. The summed E-state index contributed by atoms with van der Waals surface area (Å²) in [5, 5.41) is 8.29. The van der Waals surface area contributed by atoms with Crippen LogP contribution in [0.2, 0.25) is 0 Å². The normalized spacial score (nSPS) is 23.7. The first-order valence-corrected chi connectivity index (χ1v) is 10.5. The van der Waals surface area contributed by atoms with Crippen LogP contribution in [-0.2, 0) is 12.0 Å². The summed E-state index contributed by atoms with van der Waals surface area (Å²) in [7, 11) is 0. The zero-order valence-electron chi connectivity index (χ0n) is 17.2. The summed E-state index contributed by atoms with van der Waals surface area (Å²) in [6, 6.07) is 7.19. The number of aromatic amines is 1. The third kappa shape index (κ3) is 3.03. The molecule has 4 heteroatoms. The smallest absolute Gasteiger partial charge is 0.185 e. The molecule has 1 aromatic heterocycles. The van der Waals surface area contributed by atoms with E-state index < -0.39 is 0 Å². The first-order valence-electron chi connectivity index (χ1n) is 10.5. The number of fused-ring (bicyclic) bond motifs is 3. The molecule has 0 bridgehead atoms. The first-order chi connectivity index (χ1) is 12.9. The van der Waals surface area contributed by atoms with Crippen molar-refractivity contribution in [3.63, 3.8) is 0 Å². The van der Waals surface area contributed by atoms with E-state index in [1.165, 1.54) is 22.9 Å². The van der Waals surface area contributed by atoms with Crippen molar-refractivity contribution in [1.29, 1.82) is 0 Å². The number of aromatic nitrogens is 1. The zero-order chi connectivity index (χ0) is 19.2. The van der Waals surface area contributed by atoms with Gasteiger partial charge in [0, 0.05) is 35.4 Å². The Morgan fingerprint density at radius 3 is 2.67 bits per heavy atom. The molecule has 1 saturated heterocycles. The van der Waals surface area contributed by atoms with E-state index in [2.05, 4.69) is 61.5 Å². The van der Waals surface area contributed by atoms with Crippen LogP contribution in [0.1, 0.15) is 75.0 Å². The highest BCUT2D eigenvalue weighted by molar-refractivity contribution is 6.07. The van der Waals surface area contributed by atoms with E-state index in [0.717, 1.165) is 50.1 Å². The van der Waals surface area contributed by atoms with Crippen LogP contribution in [-0.4, -0.2) is 29.9 Å². The fourth-order valence-electron chi connectivity index (χ4n) is 5.41. The van der Waals surface area contributed by atoms with Gasteiger partial charge in [-0.1, -0.05) is 33.8 Å². The van der Waals surface area contributed by atoms with Gasteiger partial charge in [0.25, 0.3) is 0 Å². The molecule has 2 heterocycles. The molecule has 2 aliphatic rings. The summed E-state index contributed by atoms with van der Waals surface area (Å²) in [5.41, 5.74) is 4.24. The highest BCUT2D eigenvalue weighted by Crippen LogP contribution is 2.51. The molecule has 1 aliphatic carbocycles. The number of rotatable bonds is 5. The van der Waals surface area contributed by atoms with Gasteiger partial charge in [0.1, 0.15) is 0 Å². The van der Waals surface area contributed by atoms with Gasteiger partial charge in [-0.25, -0.2) is 0 Å². The van der Waals surface area contributed by atoms with E-state index in [4.69, 9.17) is 0 Å². The van der Waals surface area contributed by atoms with Crippen molar-refractivity contribution in [1.82, 2.24) is 15.6 Å². The minimum atomic E-state index is -0.225. The van der Waals surface area contributed by atoms with Gasteiger partial charge in [0.15, 0.2) is 5.78 Å². The van der Waals surface area contributed by atoms with E-state index >= 15 is 0 Å². The number of hydrogen-bond acceptors (Lipinski definition) is 3. The molecule has 2 aromatic rings. The van der Waals surface area contributed by atoms with Crippen molar-refractivity contribution in [3.8, 4) is 0 Å². The molecule has 0 saturated carbocycles. The standard InChI is InChI=1S/C23H33N3O/c1-5-23(6-2)14-22(3,4)19-17-11-15(12-25-16-9-10-24-13-16)7-8-18(17)26-20(19)21(23)27/h7-8,11,16,24-26H,5-6,9-10,12-14H2,1-4H3. The quantitative estimate of drug-likeness (QED) is 0.739. The molecule has 4 rings (SSSR count). The van der Waals surface area contributed by atoms with Crippen LogP contribution in [0.15, 0.2) is 18.2 Å². The number of carbonyl (C=O) groups excluding carboxylic acids is 1. The van der Waals surface area contributed by atoms with Crippen molar-refractivity contribution in [2.75, 3.05) is 13.1 Å². The zero-order valence-corrected chi connectivity index (χ0v) is 17.2. The molecule has 4 nitrogen and oxygen atoms in total. The number of carbonyl (C=O) groups is 1. The Morgan fingerprint density at radius 1 is 1.22 bits per heavy atom. The summed E-state index contributed by atoms with van der Waals surface area (Å²) < 4.78 is 0. The summed E-state index contributed by atoms with van der Waals surface area (Å²) in [5.74, 6) is 0.315. The Balaban J connectivity index is 1.73. The molecule has 1 unspecified atom stereocenters. The summed E-state index contributed by atoms with van der Waals surface area (Å²) in [6.07, 6.45) is 3.94. The molecule has 1 aromatic carbocycles. The van der Waals surface area contributed by atoms with E-state index in [1.54, 1.807) is 0 Å². The van der Waals surface area contributed by atoms with Crippen LogP contribution in [0, 0.1) is 5.41 Å². The number of H-pyrrole nitrogens is 1. The van der Waals surface area contributed by atoms with Gasteiger partial charge >= 0.3 is 0 Å². The lowest BCUT2D eigenvalue weighted by molar-refractivity contribution is 0.0670. The highest BCUT2D eigenvalue weighted by atomic mass is 16.1. The Labute approximate surface area is 162 Å². The minimum Gasteiger partial charge on any atom is -0.352 e. The molecule has 146 valence electrons. The maximum atomic E-state index is 13.4. The lowest BCUT2D eigenvalue weighted by atomic mass is 9.59. The average molecular weight is 368 g/mol. The Bertz CT molecular complexity index is 854. The molecular weight excluding hydrogens is 334 g/mol. The van der Waals surface area contributed by atoms with Gasteiger partial charge in [-0.2, -0.15) is 0 Å². The van der Waals surface area contributed by atoms with Crippen molar-refractivity contribution >= 4 is 16.7 Å². The van der Waals surface area contributed by atoms with Gasteiger partial charge in [-0.05, 0) is 60.9 Å². The van der Waals surface area contributed by atoms with Crippen LogP contribution in [0.4, 0.5) is 0 Å². The second kappa shape index (κ2) is 6.75. The number of benzene rings is 1. The van der Waals surface area contributed by atoms with Crippen LogP contribution in [0.3, 0.4) is 0 Å². The molecule has 0 radical (unpaired) electrons. The number of Topliss-reactive ketones (excluding diaryl/α,β-unsaturated/α-hetero) is 1. The summed E-state index contributed by atoms with van der Waals surface area (Å²) in [6.45, 7) is 12.0. The minimum absolute atomic E-state index is 0.00502. The number of nitrogens with one attached hydrogen (secondary N) is 3.